The summed E-state index contributed by atoms with van der Waals surface area (Å²) < 4.78 is 13.5. The van der Waals surface area contributed by atoms with Crippen LogP contribution in [0, 0.1) is 0 Å². The van der Waals surface area contributed by atoms with Gasteiger partial charge in [-0.2, -0.15) is 0 Å². The minimum absolute atomic E-state index is 0.0178. The van der Waals surface area contributed by atoms with Crippen LogP contribution in [0.4, 0.5) is 0 Å². The van der Waals surface area contributed by atoms with Gasteiger partial charge >= 0.3 is 0 Å². The van der Waals surface area contributed by atoms with Gasteiger partial charge in [-0.15, -0.1) is 0 Å². The van der Waals surface area contributed by atoms with Crippen LogP contribution in [0.1, 0.15) is 43.7 Å². The molecule has 116 valence electrons. The highest BCUT2D eigenvalue weighted by molar-refractivity contribution is 5.92. The quantitative estimate of drug-likeness (QED) is 0.829. The van der Waals surface area contributed by atoms with Crippen LogP contribution in [0.2, 0.25) is 0 Å². The summed E-state index contributed by atoms with van der Waals surface area (Å²) in [6.07, 6.45) is 4.42. The molecular weight excluding hydrogens is 270 g/mol. The first kappa shape index (κ1) is 14.5. The maximum atomic E-state index is 12.7. The van der Waals surface area contributed by atoms with Crippen LogP contribution in [0.3, 0.4) is 0 Å². The van der Waals surface area contributed by atoms with Crippen LogP contribution in [-0.4, -0.2) is 58.4 Å². The molecular formula is C15H23N3O3. The molecule has 2 fully saturated rings. The number of hydrogen-bond acceptors (Lipinski definition) is 4. The van der Waals surface area contributed by atoms with E-state index in [2.05, 4.69) is 18.8 Å². The molecule has 0 radical (unpaired) electrons. The average Bonchev–Trinajstić information content (AvgIpc) is 3.06. The predicted octanol–water partition coefficient (Wildman–Crippen LogP) is 1.48. The van der Waals surface area contributed by atoms with Crippen molar-refractivity contribution in [1.82, 2.24) is 14.5 Å². The average molecular weight is 293 g/mol. The summed E-state index contributed by atoms with van der Waals surface area (Å²) in [6, 6.07) is 0.303. The molecule has 1 spiro atoms. The van der Waals surface area contributed by atoms with Crippen LogP contribution in [0.5, 0.6) is 0 Å². The van der Waals surface area contributed by atoms with Crippen LogP contribution < -0.4 is 0 Å². The largest absolute Gasteiger partial charge is 0.378 e. The monoisotopic (exact) mass is 293 g/mol. The zero-order chi connectivity index (χ0) is 15.0. The van der Waals surface area contributed by atoms with Gasteiger partial charge in [-0.05, 0) is 20.8 Å². The number of ether oxygens (including phenoxy) is 2. The smallest absolute Gasteiger partial charge is 0.274 e. The van der Waals surface area contributed by atoms with Crippen molar-refractivity contribution in [3.8, 4) is 0 Å². The fraction of sp³-hybridized carbons (Fsp3) is 0.733. The molecule has 1 aromatic heterocycles. The molecule has 2 saturated heterocycles. The fourth-order valence-electron chi connectivity index (χ4n) is 3.08. The van der Waals surface area contributed by atoms with E-state index in [-0.39, 0.29) is 17.6 Å². The standard InChI is InChI=1S/C15H23N3O3/c1-11(2)18-7-13(16-10-18)14(19)17-6-12(3)21-15(8-17)4-5-20-9-15/h7,10-12H,4-6,8-9H2,1-3H3/t12-,15+/m1/s1. The van der Waals surface area contributed by atoms with Crippen LogP contribution >= 0.6 is 0 Å². The summed E-state index contributed by atoms with van der Waals surface area (Å²) >= 11 is 0. The summed E-state index contributed by atoms with van der Waals surface area (Å²) in [6.45, 7) is 8.61. The fourth-order valence-corrected chi connectivity index (χ4v) is 3.08. The topological polar surface area (TPSA) is 56.6 Å². The predicted molar refractivity (Wildman–Crippen MR) is 77.2 cm³/mol. The number of carbonyl (C=O) groups excluding carboxylic acids is 1. The molecule has 2 aliphatic rings. The summed E-state index contributed by atoms with van der Waals surface area (Å²) in [7, 11) is 0. The number of morpholine rings is 1. The number of aromatic nitrogens is 2. The molecule has 0 aromatic carbocycles. The highest BCUT2D eigenvalue weighted by atomic mass is 16.6. The molecule has 0 unspecified atom stereocenters. The Morgan fingerprint density at radius 1 is 1.52 bits per heavy atom. The molecule has 3 rings (SSSR count). The van der Waals surface area contributed by atoms with Crippen molar-refractivity contribution in [3.63, 3.8) is 0 Å². The molecule has 1 aromatic rings. The van der Waals surface area contributed by atoms with E-state index in [9.17, 15) is 4.79 Å². The third-order valence-electron chi connectivity index (χ3n) is 4.18. The molecule has 0 bridgehead atoms. The van der Waals surface area contributed by atoms with Crippen LogP contribution in [0.25, 0.3) is 0 Å². The Bertz CT molecular complexity index is 520. The highest BCUT2D eigenvalue weighted by Crippen LogP contribution is 2.30. The van der Waals surface area contributed by atoms with Gasteiger partial charge in [0.05, 0.1) is 25.6 Å². The zero-order valence-electron chi connectivity index (χ0n) is 12.9. The van der Waals surface area contributed by atoms with Crippen molar-refractivity contribution >= 4 is 5.91 Å². The second kappa shape index (κ2) is 5.42. The van der Waals surface area contributed by atoms with Gasteiger partial charge in [0.15, 0.2) is 0 Å². The van der Waals surface area contributed by atoms with E-state index in [1.54, 1.807) is 6.33 Å². The molecule has 21 heavy (non-hydrogen) atoms. The summed E-state index contributed by atoms with van der Waals surface area (Å²) in [5, 5.41) is 0. The van der Waals surface area contributed by atoms with E-state index in [0.29, 0.717) is 38.0 Å². The summed E-state index contributed by atoms with van der Waals surface area (Å²) in [5.74, 6) is -0.0178. The highest BCUT2D eigenvalue weighted by Gasteiger charge is 2.44. The number of amides is 1. The van der Waals surface area contributed by atoms with Crippen LogP contribution in [-0.2, 0) is 9.47 Å². The van der Waals surface area contributed by atoms with E-state index in [4.69, 9.17) is 9.47 Å². The van der Waals surface area contributed by atoms with E-state index in [1.165, 1.54) is 0 Å². The number of carbonyl (C=O) groups is 1. The Morgan fingerprint density at radius 2 is 2.33 bits per heavy atom. The van der Waals surface area contributed by atoms with Crippen molar-refractivity contribution in [1.29, 1.82) is 0 Å². The van der Waals surface area contributed by atoms with Gasteiger partial charge in [-0.3, -0.25) is 4.79 Å². The van der Waals surface area contributed by atoms with Crippen molar-refractivity contribution < 1.29 is 14.3 Å². The second-order valence-electron chi connectivity index (χ2n) is 6.40. The molecule has 0 saturated carbocycles. The Labute approximate surface area is 125 Å². The maximum Gasteiger partial charge on any atom is 0.274 e. The lowest BCUT2D eigenvalue weighted by molar-refractivity contribution is -0.138. The lowest BCUT2D eigenvalue weighted by Crippen LogP contribution is -2.57. The first-order valence-corrected chi connectivity index (χ1v) is 7.57. The Morgan fingerprint density at radius 3 is 2.95 bits per heavy atom. The zero-order valence-corrected chi connectivity index (χ0v) is 12.9. The Balaban J connectivity index is 1.76. The van der Waals surface area contributed by atoms with Gasteiger partial charge in [-0.25, -0.2) is 4.98 Å². The number of rotatable bonds is 2. The Hall–Kier alpha value is -1.40. The van der Waals surface area contributed by atoms with E-state index < -0.39 is 0 Å². The molecule has 0 N–H and O–H groups in total. The number of nitrogens with zero attached hydrogens (tertiary/aromatic N) is 3. The minimum Gasteiger partial charge on any atom is -0.378 e. The molecule has 6 heteroatoms. The van der Waals surface area contributed by atoms with Gasteiger partial charge < -0.3 is 18.9 Å². The minimum atomic E-state index is -0.325. The maximum absolute atomic E-state index is 12.7. The molecule has 1 amide bonds. The van der Waals surface area contributed by atoms with Crippen LogP contribution in [0.15, 0.2) is 12.5 Å². The van der Waals surface area contributed by atoms with E-state index in [1.807, 2.05) is 22.6 Å². The number of hydrogen-bond donors (Lipinski definition) is 0. The number of imidazole rings is 1. The Kier molecular flexibility index (Phi) is 3.75. The second-order valence-corrected chi connectivity index (χ2v) is 6.40. The molecule has 2 aliphatic heterocycles. The third-order valence-corrected chi connectivity index (χ3v) is 4.18. The summed E-state index contributed by atoms with van der Waals surface area (Å²) in [4.78, 5) is 18.8. The molecule has 6 nitrogen and oxygen atoms in total. The van der Waals surface area contributed by atoms with E-state index in [0.717, 1.165) is 6.42 Å². The van der Waals surface area contributed by atoms with Gasteiger partial charge in [0.25, 0.3) is 5.91 Å². The summed E-state index contributed by atoms with van der Waals surface area (Å²) in [5.41, 5.74) is 0.181. The SMILES string of the molecule is CC(C)n1cnc(C(=O)N2C[C@@H](C)O[C@@]3(CCOC3)C2)c1. The van der Waals surface area contributed by atoms with Crippen molar-refractivity contribution in [2.45, 2.75) is 44.9 Å². The molecule has 3 heterocycles. The van der Waals surface area contributed by atoms with Crippen molar-refractivity contribution in [2.24, 2.45) is 0 Å². The van der Waals surface area contributed by atoms with Gasteiger partial charge in [0.2, 0.25) is 0 Å². The lowest BCUT2D eigenvalue weighted by Gasteiger charge is -2.42. The third kappa shape index (κ3) is 2.82. The van der Waals surface area contributed by atoms with Crippen molar-refractivity contribution in [3.05, 3.63) is 18.2 Å². The van der Waals surface area contributed by atoms with Gasteiger partial charge in [-0.1, -0.05) is 0 Å². The molecule has 2 atom stereocenters. The van der Waals surface area contributed by atoms with Gasteiger partial charge in [0.1, 0.15) is 11.3 Å². The van der Waals surface area contributed by atoms with Crippen molar-refractivity contribution in [2.75, 3.05) is 26.3 Å². The van der Waals surface area contributed by atoms with E-state index >= 15 is 0 Å². The van der Waals surface area contributed by atoms with Gasteiger partial charge in [0, 0.05) is 31.8 Å². The first-order chi connectivity index (χ1) is 9.99. The first-order valence-electron chi connectivity index (χ1n) is 7.57. The lowest BCUT2D eigenvalue weighted by atomic mass is 9.99. The molecule has 0 aliphatic carbocycles. The normalized spacial score (nSPS) is 29.5.